The van der Waals surface area contributed by atoms with E-state index >= 15 is 0 Å². The average Bonchev–Trinajstić information content (AvgIpc) is 3.59. The van der Waals surface area contributed by atoms with Gasteiger partial charge in [-0.25, -0.2) is 0 Å². The minimum atomic E-state index is -0.0388. The molecule has 2 saturated heterocycles. The fourth-order valence-corrected chi connectivity index (χ4v) is 5.82. The molecule has 5 unspecified atom stereocenters. The third-order valence-electron chi connectivity index (χ3n) is 8.56. The van der Waals surface area contributed by atoms with Crippen LogP contribution in [0.3, 0.4) is 0 Å². The summed E-state index contributed by atoms with van der Waals surface area (Å²) in [6.07, 6.45) is 6.30. The molecule has 2 fully saturated rings. The lowest BCUT2D eigenvalue weighted by atomic mass is 9.80. The van der Waals surface area contributed by atoms with Crippen LogP contribution in [0, 0.1) is 45.4 Å². The highest BCUT2D eigenvalue weighted by Crippen LogP contribution is 2.35. The van der Waals surface area contributed by atoms with Crippen LogP contribution in [0.25, 0.3) is 6.08 Å². The van der Waals surface area contributed by atoms with Gasteiger partial charge >= 0.3 is 5.97 Å². The van der Waals surface area contributed by atoms with Crippen LogP contribution in [0.1, 0.15) is 182 Å². The van der Waals surface area contributed by atoms with Gasteiger partial charge in [0.2, 0.25) is 0 Å². The third-order valence-corrected chi connectivity index (χ3v) is 9.79. The predicted molar refractivity (Wildman–Crippen MR) is 228 cm³/mol. The van der Waals surface area contributed by atoms with Crippen molar-refractivity contribution in [2.75, 3.05) is 13.2 Å². The van der Waals surface area contributed by atoms with E-state index < -0.39 is 0 Å². The Balaban J connectivity index is -0.000000161. The summed E-state index contributed by atoms with van der Waals surface area (Å²) in [5.74, 6) is 1.60. The zero-order valence-corrected chi connectivity index (χ0v) is 37.8. The van der Waals surface area contributed by atoms with Crippen LogP contribution in [0.4, 0.5) is 0 Å². The Hall–Kier alpha value is -1.91. The summed E-state index contributed by atoms with van der Waals surface area (Å²) in [4.78, 5) is 14.1. The van der Waals surface area contributed by atoms with E-state index in [2.05, 4.69) is 85.7 Å². The Bertz CT molecular complexity index is 998. The molecule has 49 heavy (non-hydrogen) atoms. The summed E-state index contributed by atoms with van der Waals surface area (Å²) in [5.41, 5.74) is 7.30. The van der Waals surface area contributed by atoms with Gasteiger partial charge in [0.05, 0.1) is 5.92 Å². The van der Waals surface area contributed by atoms with Crippen molar-refractivity contribution in [3.05, 3.63) is 61.8 Å². The summed E-state index contributed by atoms with van der Waals surface area (Å²) in [6, 6.07) is 8.61. The lowest BCUT2D eigenvalue weighted by Gasteiger charge is -2.35. The third kappa shape index (κ3) is 22.5. The summed E-state index contributed by atoms with van der Waals surface area (Å²) in [7, 11) is 0. The fourth-order valence-electron chi connectivity index (χ4n) is 4.75. The Labute approximate surface area is 313 Å². The van der Waals surface area contributed by atoms with E-state index in [-0.39, 0.29) is 18.0 Å². The van der Waals surface area contributed by atoms with Crippen LogP contribution in [0.2, 0.25) is 0 Å². The minimum Gasteiger partial charge on any atom is -0.462 e. The van der Waals surface area contributed by atoms with Crippen molar-refractivity contribution in [2.24, 2.45) is 17.8 Å². The van der Waals surface area contributed by atoms with Crippen LogP contribution >= 0.6 is 11.3 Å². The lowest BCUT2D eigenvalue weighted by molar-refractivity contribution is -0.167. The Kier molecular flexibility index (Phi) is 43.0. The van der Waals surface area contributed by atoms with E-state index in [0.717, 1.165) is 13.2 Å². The number of carbonyl (C=O) groups is 1. The Morgan fingerprint density at radius 3 is 1.37 bits per heavy atom. The summed E-state index contributed by atoms with van der Waals surface area (Å²) >= 11 is 1.90. The average molecular weight is 707 g/mol. The molecule has 0 spiro atoms. The molecule has 290 valence electrons. The Morgan fingerprint density at radius 1 is 0.612 bits per heavy atom. The topological polar surface area (TPSA) is 35.5 Å². The number of benzene rings is 1. The molecule has 3 heterocycles. The molecule has 0 saturated carbocycles. The van der Waals surface area contributed by atoms with Crippen LogP contribution in [0.5, 0.6) is 0 Å². The molecule has 2 aliphatic heterocycles. The molecule has 0 amide bonds. The van der Waals surface area contributed by atoms with E-state index in [0.29, 0.717) is 17.8 Å². The van der Waals surface area contributed by atoms with Crippen molar-refractivity contribution in [1.29, 1.82) is 0 Å². The maximum atomic E-state index is 11.1. The molecule has 1 aromatic carbocycles. The maximum absolute atomic E-state index is 11.1. The van der Waals surface area contributed by atoms with Gasteiger partial charge < -0.3 is 9.47 Å². The zero-order chi connectivity index (χ0) is 39.7. The smallest absolute Gasteiger partial charge is 0.309 e. The van der Waals surface area contributed by atoms with E-state index in [1.165, 1.54) is 56.8 Å². The van der Waals surface area contributed by atoms with E-state index in [1.54, 1.807) is 0 Å². The highest BCUT2D eigenvalue weighted by molar-refractivity contribution is 7.12. The van der Waals surface area contributed by atoms with E-state index in [4.69, 9.17) is 9.47 Å². The number of fused-ring (bicyclic) bond motifs is 1. The van der Waals surface area contributed by atoms with Gasteiger partial charge in [0.15, 0.2) is 0 Å². The van der Waals surface area contributed by atoms with Crippen molar-refractivity contribution in [1.82, 2.24) is 0 Å². The molecule has 0 radical (unpaired) electrons. The van der Waals surface area contributed by atoms with Crippen LogP contribution in [0.15, 0.2) is 29.8 Å². The van der Waals surface area contributed by atoms with Crippen molar-refractivity contribution in [2.45, 2.75) is 184 Å². The number of hydrogen-bond donors (Lipinski definition) is 0. The van der Waals surface area contributed by atoms with Gasteiger partial charge in [-0.3, -0.25) is 4.79 Å². The first-order chi connectivity index (χ1) is 23.5. The molecule has 1 aliphatic carbocycles. The number of ether oxygens (including phenoxy) is 2. The van der Waals surface area contributed by atoms with Gasteiger partial charge in [0.25, 0.3) is 0 Å². The highest BCUT2D eigenvalue weighted by Gasteiger charge is 2.36. The summed E-state index contributed by atoms with van der Waals surface area (Å²) < 4.78 is 10.2. The number of allylic oxidation sites excluding steroid dienone is 1. The number of carbonyl (C=O) groups excluding carboxylic acids is 1. The van der Waals surface area contributed by atoms with Crippen molar-refractivity contribution < 1.29 is 14.3 Å². The molecule has 3 aliphatic rings. The maximum Gasteiger partial charge on any atom is 0.309 e. The number of esters is 1. The quantitative estimate of drug-likeness (QED) is 0.256. The minimum absolute atomic E-state index is 0.0388. The fraction of sp³-hybridized carbons (Fsp3) is 0.711. The van der Waals surface area contributed by atoms with Crippen molar-refractivity contribution in [3.8, 4) is 0 Å². The van der Waals surface area contributed by atoms with Crippen LogP contribution < -0.4 is 0 Å². The molecule has 4 heteroatoms. The number of hydrogen-bond acceptors (Lipinski definition) is 4. The zero-order valence-electron chi connectivity index (χ0n) is 36.9. The molecule has 1 aromatic heterocycles. The predicted octanol–water partition coefficient (Wildman–Crippen LogP) is 15.4. The SMILES string of the molecule is C1CCOCC1.CC.CC.CC.CC.CC.CC.CC1=Cc2ccccc2C1C.CC1OC(=O)C(C)C(C)C1C.Cc1sc(C)c(C)c1C. The second kappa shape index (κ2) is 37.3. The number of aryl methyl sites for hydroxylation is 2. The number of cyclic esters (lactones) is 1. The largest absolute Gasteiger partial charge is 0.462 e. The highest BCUT2D eigenvalue weighted by atomic mass is 32.1. The van der Waals surface area contributed by atoms with Gasteiger partial charge in [-0.15, -0.1) is 11.3 Å². The monoisotopic (exact) mass is 707 g/mol. The molecule has 5 atom stereocenters. The standard InChI is InChI=1S/C11H12.C9H16O2.C8H12S.C5H10O.6C2H6/c1-8-7-10-5-3-4-6-11(10)9(8)2;1-5-6(2)8(4)11-9(10)7(5)3;1-5-6(2)8(4)9-7(5)3;1-2-4-6-5-3-1;6*1-2/h3-7,9H,1-2H3;5-8H,1-4H3;1-4H3;1-5H2;6*1-2H3. The second-order valence-electron chi connectivity index (χ2n) is 11.0. The second-order valence-corrected chi connectivity index (χ2v) is 12.5. The molecule has 5 rings (SSSR count). The van der Waals surface area contributed by atoms with Gasteiger partial charge in [-0.1, -0.05) is 147 Å². The first-order valence-electron chi connectivity index (χ1n) is 20.0. The lowest BCUT2D eigenvalue weighted by Crippen LogP contribution is -2.40. The van der Waals surface area contributed by atoms with E-state index in [9.17, 15) is 4.79 Å². The van der Waals surface area contributed by atoms with Gasteiger partial charge in [0, 0.05) is 28.9 Å². The van der Waals surface area contributed by atoms with Gasteiger partial charge in [-0.2, -0.15) is 0 Å². The van der Waals surface area contributed by atoms with Crippen molar-refractivity contribution in [3.63, 3.8) is 0 Å². The first kappa shape index (κ1) is 56.5. The Morgan fingerprint density at radius 2 is 1.04 bits per heavy atom. The molecule has 0 bridgehead atoms. The number of thiophene rings is 1. The van der Waals surface area contributed by atoms with Gasteiger partial charge in [-0.05, 0) is 94.9 Å². The summed E-state index contributed by atoms with van der Waals surface area (Å²) in [6.45, 7) is 47.4. The molecule has 0 N–H and O–H groups in total. The molecule has 2 aromatic rings. The van der Waals surface area contributed by atoms with Crippen molar-refractivity contribution >= 4 is 23.4 Å². The normalized spacial score (nSPS) is 20.5. The van der Waals surface area contributed by atoms with Crippen LogP contribution in [-0.2, 0) is 14.3 Å². The van der Waals surface area contributed by atoms with E-state index in [1.807, 2.05) is 108 Å². The molecule has 3 nitrogen and oxygen atoms in total. The van der Waals surface area contributed by atoms with Gasteiger partial charge in [0.1, 0.15) is 6.10 Å². The van der Waals surface area contributed by atoms with Crippen LogP contribution in [-0.4, -0.2) is 25.3 Å². The molecular weight excluding hydrogens is 621 g/mol. The number of rotatable bonds is 0. The molecular formula is C45H86O3S. The summed E-state index contributed by atoms with van der Waals surface area (Å²) in [5, 5.41) is 0. The first-order valence-corrected chi connectivity index (χ1v) is 20.9.